The van der Waals surface area contributed by atoms with Crippen LogP contribution in [0.1, 0.15) is 56.4 Å². The van der Waals surface area contributed by atoms with Crippen molar-refractivity contribution in [2.75, 3.05) is 0 Å². The molecular weight excluding hydrogens is 318 g/mol. The molecule has 0 amide bonds. The Morgan fingerprint density at radius 1 is 1.32 bits per heavy atom. The summed E-state index contributed by atoms with van der Waals surface area (Å²) in [6, 6.07) is 2.40. The standard InChI is InChI=1S/C16H22BrNS/c1-15-5-10-4-11(6-15)8-16(7-10,9-15)14(18)13-12(17)2-3-19-13/h2-3,10-11,14H,4-9,18H2,1H3. The molecule has 1 aromatic rings. The summed E-state index contributed by atoms with van der Waals surface area (Å²) in [6.07, 6.45) is 8.52. The van der Waals surface area contributed by atoms with Crippen LogP contribution in [0.2, 0.25) is 0 Å². The second-order valence-corrected chi connectivity index (χ2v) is 9.55. The average Bonchev–Trinajstić information content (AvgIpc) is 2.71. The lowest BCUT2D eigenvalue weighted by molar-refractivity contribution is -0.113. The van der Waals surface area contributed by atoms with E-state index in [0.717, 1.165) is 11.8 Å². The zero-order valence-electron chi connectivity index (χ0n) is 11.5. The van der Waals surface area contributed by atoms with Crippen molar-refractivity contribution in [3.8, 4) is 0 Å². The fraction of sp³-hybridized carbons (Fsp3) is 0.750. The number of hydrogen-bond acceptors (Lipinski definition) is 2. The van der Waals surface area contributed by atoms with E-state index in [-0.39, 0.29) is 6.04 Å². The van der Waals surface area contributed by atoms with Crippen molar-refractivity contribution < 1.29 is 0 Å². The molecule has 3 atom stereocenters. The van der Waals surface area contributed by atoms with Crippen LogP contribution in [0.25, 0.3) is 0 Å². The lowest BCUT2D eigenvalue weighted by atomic mass is 9.43. The zero-order valence-corrected chi connectivity index (χ0v) is 13.9. The average molecular weight is 340 g/mol. The number of hydrogen-bond donors (Lipinski definition) is 1. The molecule has 0 saturated heterocycles. The van der Waals surface area contributed by atoms with E-state index in [1.165, 1.54) is 47.9 Å². The molecule has 4 bridgehead atoms. The zero-order chi connectivity index (χ0) is 13.3. The van der Waals surface area contributed by atoms with Gasteiger partial charge < -0.3 is 5.73 Å². The van der Waals surface area contributed by atoms with Crippen LogP contribution in [0.4, 0.5) is 0 Å². The third-order valence-electron chi connectivity index (χ3n) is 5.99. The van der Waals surface area contributed by atoms with Gasteiger partial charge in [-0.15, -0.1) is 11.3 Å². The van der Waals surface area contributed by atoms with Crippen molar-refractivity contribution in [1.29, 1.82) is 0 Å². The lowest BCUT2D eigenvalue weighted by Gasteiger charge is -2.63. The minimum absolute atomic E-state index is 0.243. The van der Waals surface area contributed by atoms with E-state index in [1.807, 2.05) is 11.3 Å². The number of halogens is 1. The first-order valence-corrected chi connectivity index (χ1v) is 9.15. The van der Waals surface area contributed by atoms with Gasteiger partial charge in [0.15, 0.2) is 0 Å². The molecule has 2 N–H and O–H groups in total. The third-order valence-corrected chi connectivity index (χ3v) is 7.94. The van der Waals surface area contributed by atoms with E-state index in [1.54, 1.807) is 0 Å². The van der Waals surface area contributed by atoms with Gasteiger partial charge in [0.05, 0.1) is 0 Å². The van der Waals surface area contributed by atoms with Gasteiger partial charge in [-0.2, -0.15) is 0 Å². The van der Waals surface area contributed by atoms with Crippen LogP contribution in [-0.4, -0.2) is 0 Å². The molecule has 19 heavy (non-hydrogen) atoms. The van der Waals surface area contributed by atoms with Crippen molar-refractivity contribution in [3.05, 3.63) is 20.8 Å². The Labute approximate surface area is 128 Å². The molecule has 0 aromatic carbocycles. The predicted molar refractivity (Wildman–Crippen MR) is 84.2 cm³/mol. The highest BCUT2D eigenvalue weighted by Gasteiger charge is 2.58. The van der Waals surface area contributed by atoms with E-state index in [2.05, 4.69) is 34.3 Å². The van der Waals surface area contributed by atoms with Gasteiger partial charge in [-0.1, -0.05) is 6.92 Å². The van der Waals surface area contributed by atoms with Crippen LogP contribution < -0.4 is 5.73 Å². The summed E-state index contributed by atoms with van der Waals surface area (Å²) in [5, 5.41) is 2.17. The Morgan fingerprint density at radius 2 is 2.00 bits per heavy atom. The van der Waals surface area contributed by atoms with Crippen LogP contribution >= 0.6 is 27.3 Å². The van der Waals surface area contributed by atoms with Crippen LogP contribution in [0, 0.1) is 22.7 Å². The molecule has 1 heterocycles. The van der Waals surface area contributed by atoms with Crippen molar-refractivity contribution in [3.63, 3.8) is 0 Å². The number of nitrogens with two attached hydrogens (primary N) is 1. The maximum absolute atomic E-state index is 6.78. The largest absolute Gasteiger partial charge is 0.323 e. The minimum Gasteiger partial charge on any atom is -0.323 e. The molecule has 0 radical (unpaired) electrons. The molecular formula is C16H22BrNS. The van der Waals surface area contributed by atoms with Gasteiger partial charge in [0.2, 0.25) is 0 Å². The number of thiophene rings is 1. The second kappa shape index (κ2) is 4.08. The molecule has 4 saturated carbocycles. The van der Waals surface area contributed by atoms with E-state index >= 15 is 0 Å². The Morgan fingerprint density at radius 3 is 2.53 bits per heavy atom. The predicted octanol–water partition coefficient (Wildman–Crippen LogP) is 5.12. The summed E-state index contributed by atoms with van der Waals surface area (Å²) < 4.78 is 1.23. The van der Waals surface area contributed by atoms with Gasteiger partial charge in [0, 0.05) is 15.4 Å². The fourth-order valence-electron chi connectivity index (χ4n) is 5.97. The smallest absolute Gasteiger partial charge is 0.0458 e. The Kier molecular flexibility index (Phi) is 2.76. The maximum Gasteiger partial charge on any atom is 0.0458 e. The number of rotatable bonds is 2. The summed E-state index contributed by atoms with van der Waals surface area (Å²) >= 11 is 5.52. The second-order valence-electron chi connectivity index (χ2n) is 7.74. The van der Waals surface area contributed by atoms with Crippen LogP contribution in [0.5, 0.6) is 0 Å². The van der Waals surface area contributed by atoms with Crippen molar-refractivity contribution in [2.24, 2.45) is 28.4 Å². The van der Waals surface area contributed by atoms with Crippen molar-refractivity contribution in [1.82, 2.24) is 0 Å². The maximum atomic E-state index is 6.78. The molecule has 4 fully saturated rings. The van der Waals surface area contributed by atoms with Crippen molar-refractivity contribution >= 4 is 27.3 Å². The molecule has 0 spiro atoms. The lowest BCUT2D eigenvalue weighted by Crippen LogP contribution is -2.54. The van der Waals surface area contributed by atoms with E-state index in [9.17, 15) is 0 Å². The molecule has 5 rings (SSSR count). The summed E-state index contributed by atoms with van der Waals surface area (Å²) in [6.45, 7) is 2.52. The summed E-state index contributed by atoms with van der Waals surface area (Å²) in [5.74, 6) is 1.91. The highest BCUT2D eigenvalue weighted by atomic mass is 79.9. The van der Waals surface area contributed by atoms with Gasteiger partial charge in [0.25, 0.3) is 0 Å². The van der Waals surface area contributed by atoms with Crippen LogP contribution in [0.15, 0.2) is 15.9 Å². The highest BCUT2D eigenvalue weighted by Crippen LogP contribution is 2.68. The molecule has 3 unspecified atom stereocenters. The molecule has 0 aliphatic heterocycles. The topological polar surface area (TPSA) is 26.0 Å². The van der Waals surface area contributed by atoms with E-state index in [0.29, 0.717) is 10.8 Å². The van der Waals surface area contributed by atoms with Gasteiger partial charge in [-0.25, -0.2) is 0 Å². The van der Waals surface area contributed by atoms with E-state index < -0.39 is 0 Å². The first-order chi connectivity index (χ1) is 9.00. The van der Waals surface area contributed by atoms with Gasteiger partial charge >= 0.3 is 0 Å². The summed E-state index contributed by atoms with van der Waals surface area (Å²) in [5.41, 5.74) is 7.76. The Bertz CT molecular complexity index is 495. The summed E-state index contributed by atoms with van der Waals surface area (Å²) in [7, 11) is 0. The first-order valence-electron chi connectivity index (χ1n) is 7.48. The molecule has 1 aromatic heterocycles. The normalized spacial score (nSPS) is 45.6. The fourth-order valence-corrected chi connectivity index (χ4v) is 7.73. The van der Waals surface area contributed by atoms with Gasteiger partial charge in [-0.3, -0.25) is 0 Å². The van der Waals surface area contributed by atoms with Gasteiger partial charge in [0.1, 0.15) is 0 Å². The summed E-state index contributed by atoms with van der Waals surface area (Å²) in [4.78, 5) is 1.38. The molecule has 3 heteroatoms. The Hall–Kier alpha value is 0.140. The quantitative estimate of drug-likeness (QED) is 0.795. The minimum atomic E-state index is 0.243. The van der Waals surface area contributed by atoms with Crippen LogP contribution in [-0.2, 0) is 0 Å². The van der Waals surface area contributed by atoms with Crippen molar-refractivity contribution in [2.45, 2.75) is 51.5 Å². The highest BCUT2D eigenvalue weighted by molar-refractivity contribution is 9.10. The van der Waals surface area contributed by atoms with Gasteiger partial charge in [-0.05, 0) is 88.6 Å². The SMILES string of the molecule is CC12CC3CC(C1)CC(C(N)c1sccc1Br)(C3)C2. The molecule has 1 nitrogen and oxygen atoms in total. The Balaban J connectivity index is 1.72. The molecule has 104 valence electrons. The van der Waals surface area contributed by atoms with Crippen LogP contribution in [0.3, 0.4) is 0 Å². The third kappa shape index (κ3) is 1.88. The molecule has 4 aliphatic carbocycles. The first kappa shape index (κ1) is 12.8. The molecule has 4 aliphatic rings. The monoisotopic (exact) mass is 339 g/mol. The van der Waals surface area contributed by atoms with E-state index in [4.69, 9.17) is 5.73 Å².